The fourth-order valence-corrected chi connectivity index (χ4v) is 3.17. The van der Waals surface area contributed by atoms with E-state index in [0.29, 0.717) is 42.1 Å². The molecule has 0 N–H and O–H groups in total. The van der Waals surface area contributed by atoms with Crippen molar-refractivity contribution in [2.75, 3.05) is 24.7 Å². The summed E-state index contributed by atoms with van der Waals surface area (Å²) in [5, 5.41) is 0.465. The highest BCUT2D eigenvalue weighted by Crippen LogP contribution is 2.38. The average molecular weight is 426 g/mol. The maximum Gasteiger partial charge on any atom is 0.232 e. The molecule has 1 aromatic heterocycles. The van der Waals surface area contributed by atoms with E-state index in [-0.39, 0.29) is 12.3 Å². The van der Waals surface area contributed by atoms with E-state index >= 15 is 0 Å². The zero-order valence-electron chi connectivity index (χ0n) is 13.8. The molecule has 1 aromatic carbocycles. The first-order chi connectivity index (χ1) is 12.1. The molecule has 0 aliphatic carbocycles. The minimum atomic E-state index is -0.0529. The van der Waals surface area contributed by atoms with Gasteiger partial charge >= 0.3 is 0 Å². The molecule has 0 spiro atoms. The van der Waals surface area contributed by atoms with E-state index in [0.717, 1.165) is 16.5 Å². The molecule has 25 heavy (non-hydrogen) atoms. The summed E-state index contributed by atoms with van der Waals surface area (Å²) >= 11 is 9.65. The third-order valence-corrected chi connectivity index (χ3v) is 4.57. The Balaban J connectivity index is 1.81. The van der Waals surface area contributed by atoms with E-state index in [1.807, 2.05) is 25.1 Å². The molecule has 0 fully saturated rings. The minimum absolute atomic E-state index is 0.0529. The molecule has 2 aromatic rings. The van der Waals surface area contributed by atoms with Crippen molar-refractivity contribution in [3.63, 3.8) is 0 Å². The van der Waals surface area contributed by atoms with Gasteiger partial charge in [0.2, 0.25) is 5.91 Å². The van der Waals surface area contributed by atoms with Crippen LogP contribution in [0.4, 0.5) is 5.82 Å². The van der Waals surface area contributed by atoms with E-state index in [1.165, 1.54) is 0 Å². The van der Waals surface area contributed by atoms with Gasteiger partial charge in [-0.3, -0.25) is 9.69 Å². The van der Waals surface area contributed by atoms with E-state index in [9.17, 15) is 4.79 Å². The second-order valence-corrected chi connectivity index (χ2v) is 6.93. The number of hydrogen-bond donors (Lipinski definition) is 0. The van der Waals surface area contributed by atoms with E-state index in [1.54, 1.807) is 17.2 Å². The van der Waals surface area contributed by atoms with Crippen LogP contribution in [0.5, 0.6) is 11.5 Å². The molecular weight excluding hydrogens is 408 g/mol. The van der Waals surface area contributed by atoms with Crippen molar-refractivity contribution in [3.8, 4) is 11.5 Å². The van der Waals surface area contributed by atoms with Gasteiger partial charge in [0.1, 0.15) is 5.82 Å². The Morgan fingerprint density at radius 2 is 2.12 bits per heavy atom. The van der Waals surface area contributed by atoms with Gasteiger partial charge in [-0.05, 0) is 52.7 Å². The molecule has 132 valence electrons. The van der Waals surface area contributed by atoms with Crippen LogP contribution in [0.3, 0.4) is 0 Å². The molecule has 2 heterocycles. The standard InChI is InChI=1S/C18H18BrClN2O3/c1-2-22(16-5-4-13(19)11-21-16)17(23)10-12-8-14(20)18-15(9-12)24-6-3-7-25-18/h4-5,8-9,11H,2-3,6-7,10H2,1H3. The second-order valence-electron chi connectivity index (χ2n) is 5.60. The van der Waals surface area contributed by atoms with Gasteiger partial charge in [0.15, 0.2) is 11.5 Å². The first-order valence-corrected chi connectivity index (χ1v) is 9.25. The summed E-state index contributed by atoms with van der Waals surface area (Å²) in [6, 6.07) is 7.26. The van der Waals surface area contributed by atoms with Gasteiger partial charge in [0, 0.05) is 23.6 Å². The summed E-state index contributed by atoms with van der Waals surface area (Å²) in [5.74, 6) is 1.72. The Kier molecular flexibility index (Phi) is 5.81. The Hall–Kier alpha value is -1.79. The Labute approximate surface area is 160 Å². The number of fused-ring (bicyclic) bond motifs is 1. The third kappa shape index (κ3) is 4.25. The highest BCUT2D eigenvalue weighted by Gasteiger charge is 2.20. The molecule has 1 aliphatic rings. The molecule has 1 aliphatic heterocycles. The molecule has 5 nitrogen and oxygen atoms in total. The topological polar surface area (TPSA) is 51.7 Å². The smallest absolute Gasteiger partial charge is 0.232 e. The zero-order chi connectivity index (χ0) is 17.8. The highest BCUT2D eigenvalue weighted by atomic mass is 79.9. The number of likely N-dealkylation sites (N-methyl/N-ethyl adjacent to an activating group) is 1. The highest BCUT2D eigenvalue weighted by molar-refractivity contribution is 9.10. The van der Waals surface area contributed by atoms with Gasteiger partial charge in [0.25, 0.3) is 0 Å². The summed E-state index contributed by atoms with van der Waals surface area (Å²) in [5.41, 5.74) is 0.787. The molecule has 0 unspecified atom stereocenters. The first kappa shape index (κ1) is 18.0. The second kappa shape index (κ2) is 8.06. The van der Waals surface area contributed by atoms with Crippen LogP contribution in [0.2, 0.25) is 5.02 Å². The number of carbonyl (C=O) groups is 1. The lowest BCUT2D eigenvalue weighted by molar-refractivity contribution is -0.118. The molecule has 0 saturated heterocycles. The maximum absolute atomic E-state index is 12.7. The van der Waals surface area contributed by atoms with Crippen LogP contribution in [0, 0.1) is 0 Å². The van der Waals surface area contributed by atoms with Gasteiger partial charge < -0.3 is 9.47 Å². The molecule has 0 radical (unpaired) electrons. The first-order valence-electron chi connectivity index (χ1n) is 8.08. The molecule has 7 heteroatoms. The molecule has 0 bridgehead atoms. The SMILES string of the molecule is CCN(C(=O)Cc1cc(Cl)c2c(c1)OCCCO2)c1ccc(Br)cn1. The van der Waals surface area contributed by atoms with Crippen LogP contribution in [0.25, 0.3) is 0 Å². The number of aromatic nitrogens is 1. The van der Waals surface area contributed by atoms with Crippen molar-refractivity contribution in [1.29, 1.82) is 0 Å². The lowest BCUT2D eigenvalue weighted by Crippen LogP contribution is -2.32. The third-order valence-electron chi connectivity index (χ3n) is 3.82. The van der Waals surface area contributed by atoms with Gasteiger partial charge in [-0.15, -0.1) is 0 Å². The fourth-order valence-electron chi connectivity index (χ4n) is 2.65. The average Bonchev–Trinajstić information content (AvgIpc) is 2.83. The van der Waals surface area contributed by atoms with Gasteiger partial charge in [-0.1, -0.05) is 11.6 Å². The molecule has 3 rings (SSSR count). The molecule has 0 atom stereocenters. The largest absolute Gasteiger partial charge is 0.489 e. The van der Waals surface area contributed by atoms with Crippen LogP contribution in [-0.4, -0.2) is 30.6 Å². The van der Waals surface area contributed by atoms with Crippen molar-refractivity contribution in [2.45, 2.75) is 19.8 Å². The Morgan fingerprint density at radius 1 is 1.32 bits per heavy atom. The summed E-state index contributed by atoms with van der Waals surface area (Å²) in [7, 11) is 0. The summed E-state index contributed by atoms with van der Waals surface area (Å²) in [6.45, 7) is 3.60. The molecule has 0 saturated carbocycles. The fraction of sp³-hybridized carbons (Fsp3) is 0.333. The number of hydrogen-bond acceptors (Lipinski definition) is 4. The maximum atomic E-state index is 12.7. The van der Waals surface area contributed by atoms with Crippen LogP contribution < -0.4 is 14.4 Å². The lowest BCUT2D eigenvalue weighted by atomic mass is 10.1. The van der Waals surface area contributed by atoms with Crippen LogP contribution in [0.1, 0.15) is 18.9 Å². The Morgan fingerprint density at radius 3 is 2.84 bits per heavy atom. The number of nitrogens with zero attached hydrogens (tertiary/aromatic N) is 2. The number of amides is 1. The number of benzene rings is 1. The van der Waals surface area contributed by atoms with Crippen molar-refractivity contribution < 1.29 is 14.3 Å². The number of rotatable bonds is 4. The number of carbonyl (C=O) groups excluding carboxylic acids is 1. The van der Waals surface area contributed by atoms with E-state index in [2.05, 4.69) is 20.9 Å². The number of pyridine rings is 1. The predicted molar refractivity (Wildman–Crippen MR) is 101 cm³/mol. The van der Waals surface area contributed by atoms with Gasteiger partial charge in [0.05, 0.1) is 24.7 Å². The quantitative estimate of drug-likeness (QED) is 0.735. The van der Waals surface area contributed by atoms with Crippen LogP contribution in [-0.2, 0) is 11.2 Å². The Bertz CT molecular complexity index is 768. The van der Waals surface area contributed by atoms with E-state index < -0.39 is 0 Å². The van der Waals surface area contributed by atoms with Gasteiger partial charge in [-0.25, -0.2) is 4.98 Å². The number of halogens is 2. The zero-order valence-corrected chi connectivity index (χ0v) is 16.1. The number of ether oxygens (including phenoxy) is 2. The van der Waals surface area contributed by atoms with Gasteiger partial charge in [-0.2, -0.15) is 0 Å². The summed E-state index contributed by atoms with van der Waals surface area (Å²) < 4.78 is 12.2. The summed E-state index contributed by atoms with van der Waals surface area (Å²) in [6.07, 6.45) is 2.69. The summed E-state index contributed by atoms with van der Waals surface area (Å²) in [4.78, 5) is 18.7. The van der Waals surface area contributed by atoms with Crippen LogP contribution in [0.15, 0.2) is 34.9 Å². The van der Waals surface area contributed by atoms with Crippen LogP contribution >= 0.6 is 27.5 Å². The normalized spacial score (nSPS) is 13.2. The minimum Gasteiger partial charge on any atom is -0.489 e. The lowest BCUT2D eigenvalue weighted by Gasteiger charge is -2.20. The molecular formula is C18H18BrClN2O3. The predicted octanol–water partition coefficient (Wildman–Crippen LogP) is 4.25. The monoisotopic (exact) mass is 424 g/mol. The van der Waals surface area contributed by atoms with E-state index in [4.69, 9.17) is 21.1 Å². The van der Waals surface area contributed by atoms with Crippen molar-refractivity contribution >= 4 is 39.3 Å². The number of anilines is 1. The van der Waals surface area contributed by atoms with Crippen molar-refractivity contribution in [3.05, 3.63) is 45.5 Å². The molecule has 1 amide bonds. The van der Waals surface area contributed by atoms with Crippen molar-refractivity contribution in [1.82, 2.24) is 4.98 Å². The van der Waals surface area contributed by atoms with Crippen molar-refractivity contribution in [2.24, 2.45) is 0 Å².